The van der Waals surface area contributed by atoms with Gasteiger partial charge in [0.15, 0.2) is 0 Å². The molecule has 0 radical (unpaired) electrons. The molecule has 160 valence electrons. The number of hydrogen-bond acceptors (Lipinski definition) is 4. The average molecular weight is 412 g/mol. The first-order valence-corrected chi connectivity index (χ1v) is 12.5. The predicted molar refractivity (Wildman–Crippen MR) is 117 cm³/mol. The minimum absolute atomic E-state index is 0. The number of rotatable bonds is 20. The molecule has 0 atom stereocenters. The summed E-state index contributed by atoms with van der Waals surface area (Å²) in [5.74, 6) is 0. The lowest BCUT2D eigenvalue weighted by Crippen LogP contribution is -2.43. The third-order valence-electron chi connectivity index (χ3n) is 4.98. The van der Waals surface area contributed by atoms with Gasteiger partial charge in [0, 0.05) is 27.4 Å². The average Bonchev–Trinajstić information content (AvgIpc) is 2.65. The molecular weight excluding hydrogens is 366 g/mol. The molecule has 0 aromatic carbocycles. The van der Waals surface area contributed by atoms with E-state index in [1.807, 2.05) is 0 Å². The summed E-state index contributed by atoms with van der Waals surface area (Å²) in [5, 5.41) is 3.52. The van der Waals surface area contributed by atoms with Crippen LogP contribution in [0.25, 0.3) is 0 Å². The highest BCUT2D eigenvalue weighted by atomic mass is 35.5. The van der Waals surface area contributed by atoms with E-state index < -0.39 is 8.80 Å². The van der Waals surface area contributed by atoms with E-state index in [2.05, 4.69) is 12.2 Å². The van der Waals surface area contributed by atoms with Gasteiger partial charge in [-0.3, -0.25) is 0 Å². The van der Waals surface area contributed by atoms with Gasteiger partial charge in [-0.2, -0.15) is 0 Å². The molecule has 0 saturated carbocycles. The third kappa shape index (κ3) is 16.5. The first-order chi connectivity index (χ1) is 12.2. The van der Waals surface area contributed by atoms with Gasteiger partial charge in [-0.15, -0.1) is 12.4 Å². The predicted octanol–water partition coefficient (Wildman–Crippen LogP) is 5.97. The van der Waals surface area contributed by atoms with Crippen molar-refractivity contribution in [1.29, 1.82) is 0 Å². The van der Waals surface area contributed by atoms with Crippen molar-refractivity contribution in [3.8, 4) is 0 Å². The van der Waals surface area contributed by atoms with E-state index in [4.69, 9.17) is 13.3 Å². The second-order valence-corrected chi connectivity index (χ2v) is 10.1. The van der Waals surface area contributed by atoms with E-state index in [1.165, 1.54) is 77.0 Å². The molecule has 0 heterocycles. The van der Waals surface area contributed by atoms with Gasteiger partial charge in [-0.25, -0.2) is 0 Å². The van der Waals surface area contributed by atoms with Gasteiger partial charge in [-0.05, 0) is 25.9 Å². The maximum atomic E-state index is 5.43. The Balaban J connectivity index is 0. The van der Waals surface area contributed by atoms with Crippen LogP contribution in [-0.2, 0) is 13.3 Å². The first kappa shape index (κ1) is 28.6. The molecule has 0 spiro atoms. The van der Waals surface area contributed by atoms with Crippen molar-refractivity contribution in [2.45, 2.75) is 96.4 Å². The minimum atomic E-state index is -2.36. The Morgan fingerprint density at radius 3 is 1.38 bits per heavy atom. The molecule has 0 rings (SSSR count). The largest absolute Gasteiger partial charge is 0.500 e. The zero-order valence-corrected chi connectivity index (χ0v) is 19.8. The Morgan fingerprint density at radius 1 is 0.577 bits per heavy atom. The highest BCUT2D eigenvalue weighted by Gasteiger charge is 2.36. The van der Waals surface area contributed by atoms with Crippen LogP contribution in [0, 0.1) is 0 Å². The maximum Gasteiger partial charge on any atom is 0.500 e. The minimum Gasteiger partial charge on any atom is -0.377 e. The summed E-state index contributed by atoms with van der Waals surface area (Å²) in [6.07, 6.45) is 17.9. The molecule has 6 heteroatoms. The van der Waals surface area contributed by atoms with Gasteiger partial charge < -0.3 is 18.6 Å². The molecule has 4 nitrogen and oxygen atoms in total. The lowest BCUT2D eigenvalue weighted by atomic mass is 10.1. The van der Waals surface area contributed by atoms with Crippen LogP contribution >= 0.6 is 12.4 Å². The highest BCUT2D eigenvalue weighted by molar-refractivity contribution is 6.60. The van der Waals surface area contributed by atoms with Crippen molar-refractivity contribution in [2.75, 3.05) is 34.4 Å². The highest BCUT2D eigenvalue weighted by Crippen LogP contribution is 2.14. The SMILES string of the molecule is CCCCCCCCCCCCCCNCCC[Si](OC)(OC)OC.Cl. The fourth-order valence-electron chi connectivity index (χ4n) is 3.20. The summed E-state index contributed by atoms with van der Waals surface area (Å²) >= 11 is 0. The first-order valence-electron chi connectivity index (χ1n) is 10.6. The molecule has 26 heavy (non-hydrogen) atoms. The van der Waals surface area contributed by atoms with Gasteiger partial charge in [0.2, 0.25) is 0 Å². The lowest BCUT2D eigenvalue weighted by molar-refractivity contribution is 0.123. The summed E-state index contributed by atoms with van der Waals surface area (Å²) in [7, 11) is 2.67. The molecule has 0 bridgehead atoms. The van der Waals surface area contributed by atoms with E-state index in [0.29, 0.717) is 0 Å². The zero-order valence-electron chi connectivity index (χ0n) is 17.9. The molecule has 1 N–H and O–H groups in total. The Bertz CT molecular complexity index is 261. The molecule has 0 aromatic heterocycles. The third-order valence-corrected chi connectivity index (χ3v) is 7.81. The van der Waals surface area contributed by atoms with Crippen molar-refractivity contribution in [1.82, 2.24) is 5.32 Å². The molecule has 0 aromatic rings. The monoisotopic (exact) mass is 411 g/mol. The smallest absolute Gasteiger partial charge is 0.377 e. The van der Waals surface area contributed by atoms with Crippen LogP contribution in [0.5, 0.6) is 0 Å². The topological polar surface area (TPSA) is 39.7 Å². The van der Waals surface area contributed by atoms with Gasteiger partial charge in [0.05, 0.1) is 0 Å². The Morgan fingerprint density at radius 2 is 0.962 bits per heavy atom. The van der Waals surface area contributed by atoms with Crippen LogP contribution in [0.4, 0.5) is 0 Å². The quantitative estimate of drug-likeness (QED) is 0.198. The van der Waals surface area contributed by atoms with Gasteiger partial charge in [-0.1, -0.05) is 77.6 Å². The summed E-state index contributed by atoms with van der Waals surface area (Å²) in [6.45, 7) is 4.42. The fourth-order valence-corrected chi connectivity index (χ4v) is 4.92. The van der Waals surface area contributed by atoms with Crippen LogP contribution in [0.2, 0.25) is 6.04 Å². The van der Waals surface area contributed by atoms with Crippen LogP contribution in [0.3, 0.4) is 0 Å². The van der Waals surface area contributed by atoms with Crippen molar-refractivity contribution < 1.29 is 13.3 Å². The van der Waals surface area contributed by atoms with E-state index in [0.717, 1.165) is 25.6 Å². The lowest BCUT2D eigenvalue weighted by Gasteiger charge is -2.24. The van der Waals surface area contributed by atoms with E-state index >= 15 is 0 Å². The van der Waals surface area contributed by atoms with E-state index in [-0.39, 0.29) is 12.4 Å². The Labute approximate surface area is 170 Å². The van der Waals surface area contributed by atoms with Gasteiger partial charge >= 0.3 is 8.80 Å². The number of halogens is 1. The summed E-state index contributed by atoms with van der Waals surface area (Å²) in [6, 6.07) is 0.877. The van der Waals surface area contributed by atoms with Crippen LogP contribution in [0.15, 0.2) is 0 Å². The molecule has 0 unspecified atom stereocenters. The maximum absolute atomic E-state index is 5.43. The summed E-state index contributed by atoms with van der Waals surface area (Å²) in [4.78, 5) is 0. The van der Waals surface area contributed by atoms with Crippen molar-refractivity contribution in [2.24, 2.45) is 0 Å². The van der Waals surface area contributed by atoms with Crippen molar-refractivity contribution in [3.05, 3.63) is 0 Å². The Kier molecular flexibility index (Phi) is 23.8. The molecule has 0 aliphatic rings. The van der Waals surface area contributed by atoms with Crippen LogP contribution < -0.4 is 5.32 Å². The fraction of sp³-hybridized carbons (Fsp3) is 1.00. The second kappa shape index (κ2) is 21.6. The molecule has 0 fully saturated rings. The zero-order chi connectivity index (χ0) is 18.6. The number of hydrogen-bond donors (Lipinski definition) is 1. The van der Waals surface area contributed by atoms with E-state index in [1.54, 1.807) is 21.3 Å². The van der Waals surface area contributed by atoms with E-state index in [9.17, 15) is 0 Å². The van der Waals surface area contributed by atoms with Crippen LogP contribution in [0.1, 0.15) is 90.4 Å². The number of nitrogens with one attached hydrogen (secondary N) is 1. The molecule has 0 aliphatic heterocycles. The van der Waals surface area contributed by atoms with Gasteiger partial charge in [0.25, 0.3) is 0 Å². The molecular formula is C20H46ClNO3Si. The van der Waals surface area contributed by atoms with Crippen LogP contribution in [-0.4, -0.2) is 43.2 Å². The molecule has 0 aliphatic carbocycles. The summed E-state index contributed by atoms with van der Waals surface area (Å²) in [5.41, 5.74) is 0. The molecule has 0 amide bonds. The normalized spacial score (nSPS) is 11.5. The summed E-state index contributed by atoms with van der Waals surface area (Å²) < 4.78 is 16.3. The van der Waals surface area contributed by atoms with Gasteiger partial charge in [0.1, 0.15) is 0 Å². The van der Waals surface area contributed by atoms with Crippen molar-refractivity contribution >= 4 is 21.2 Å². The Hall–Kier alpha value is 0.347. The van der Waals surface area contributed by atoms with Crippen molar-refractivity contribution in [3.63, 3.8) is 0 Å². The standard InChI is InChI=1S/C20H45NO3Si.ClH/c1-5-6-7-8-9-10-11-12-13-14-15-16-18-21-19-17-20-25(22-2,23-3)24-4;/h21H,5-20H2,1-4H3;1H. The number of unbranched alkanes of at least 4 members (excludes halogenated alkanes) is 11. The molecule has 0 saturated heterocycles. The second-order valence-electron chi connectivity index (χ2n) is 7.04.